The van der Waals surface area contributed by atoms with Crippen LogP contribution in [0.2, 0.25) is 0 Å². The van der Waals surface area contributed by atoms with Crippen LogP contribution < -0.4 is 5.73 Å². The van der Waals surface area contributed by atoms with Gasteiger partial charge in [-0.25, -0.2) is 4.79 Å². The third-order valence-corrected chi connectivity index (χ3v) is 4.54. The minimum Gasteiger partial charge on any atom is -0.465 e. The summed E-state index contributed by atoms with van der Waals surface area (Å²) >= 11 is 0. The zero-order valence-corrected chi connectivity index (χ0v) is 13.9. The maximum Gasteiger partial charge on any atom is 0.407 e. The molecule has 1 aliphatic rings. The lowest BCUT2D eigenvalue weighted by atomic mass is 9.75. The number of carbonyl (C=O) groups is 1. The molecular formula is C17H27N3O2. The van der Waals surface area contributed by atoms with Gasteiger partial charge in [0.05, 0.1) is 11.9 Å². The first-order valence-corrected chi connectivity index (χ1v) is 7.91. The molecule has 0 bridgehead atoms. The molecule has 1 saturated carbocycles. The van der Waals surface area contributed by atoms with E-state index >= 15 is 0 Å². The van der Waals surface area contributed by atoms with Crippen LogP contribution in [-0.4, -0.2) is 32.7 Å². The average Bonchev–Trinajstić information content (AvgIpc) is 2.36. The molecule has 1 amide bonds. The number of nitrogens with two attached hydrogens (primary N) is 1. The van der Waals surface area contributed by atoms with Crippen LogP contribution in [0.4, 0.5) is 10.5 Å². The Balaban J connectivity index is 2.28. The molecule has 1 fully saturated rings. The first-order chi connectivity index (χ1) is 10.2. The van der Waals surface area contributed by atoms with Crippen LogP contribution in [0.5, 0.6) is 0 Å². The summed E-state index contributed by atoms with van der Waals surface area (Å²) in [4.78, 5) is 17.4. The van der Waals surface area contributed by atoms with Gasteiger partial charge in [-0.2, -0.15) is 0 Å². The molecule has 2 rings (SSSR count). The normalized spacial score (nSPS) is 25.7. The molecule has 5 nitrogen and oxygen atoms in total. The highest BCUT2D eigenvalue weighted by atomic mass is 16.4. The first kappa shape index (κ1) is 16.6. The van der Waals surface area contributed by atoms with Gasteiger partial charge in [-0.05, 0) is 63.5 Å². The first-order valence-electron chi connectivity index (χ1n) is 7.91. The van der Waals surface area contributed by atoms with Crippen molar-refractivity contribution in [1.29, 1.82) is 0 Å². The molecule has 1 heterocycles. The molecule has 3 N–H and O–H groups in total. The zero-order chi connectivity index (χ0) is 16.5. The van der Waals surface area contributed by atoms with Crippen molar-refractivity contribution in [1.82, 2.24) is 9.88 Å². The predicted octanol–water partition coefficient (Wildman–Crippen LogP) is 3.71. The molecule has 0 radical (unpaired) electrons. The fourth-order valence-corrected chi connectivity index (χ4v) is 3.81. The minimum absolute atomic E-state index is 0.0267. The number of hydrogen-bond donors (Lipinski definition) is 2. The van der Waals surface area contributed by atoms with Gasteiger partial charge in [0, 0.05) is 17.8 Å². The molecule has 22 heavy (non-hydrogen) atoms. The van der Waals surface area contributed by atoms with E-state index in [9.17, 15) is 9.90 Å². The van der Waals surface area contributed by atoms with Gasteiger partial charge < -0.3 is 15.7 Å². The number of nitrogens with zero attached hydrogens (tertiary/aromatic N) is 2. The fraction of sp³-hybridized carbons (Fsp3) is 0.647. The standard InChI is InChI=1S/C17H27N3O2/c1-11-7-12(14-5-6-19-10-15(14)18)9-13(8-11)20(16(21)22)17(2,3)4/h5-6,10-13H,7-9,18H2,1-4H3,(H,21,22)/t11-,12+,13?/m0/s1. The maximum atomic E-state index is 11.8. The summed E-state index contributed by atoms with van der Waals surface area (Å²) in [6.45, 7) is 8.06. The SMILES string of the molecule is C[C@@H]1CC(N(C(=O)O)C(C)(C)C)C[C@H](c2ccncc2N)C1. The molecule has 122 valence electrons. The topological polar surface area (TPSA) is 79.5 Å². The van der Waals surface area contributed by atoms with Crippen LogP contribution in [-0.2, 0) is 0 Å². The Hall–Kier alpha value is -1.78. The summed E-state index contributed by atoms with van der Waals surface area (Å²) in [6, 6.07) is 2.00. The Morgan fingerprint density at radius 2 is 2.05 bits per heavy atom. The molecule has 1 aromatic rings. The van der Waals surface area contributed by atoms with Gasteiger partial charge in [-0.1, -0.05) is 6.92 Å². The summed E-state index contributed by atoms with van der Waals surface area (Å²) < 4.78 is 0. The number of amides is 1. The second-order valence-corrected chi connectivity index (χ2v) is 7.49. The van der Waals surface area contributed by atoms with Crippen molar-refractivity contribution in [2.75, 3.05) is 5.73 Å². The monoisotopic (exact) mass is 305 g/mol. The van der Waals surface area contributed by atoms with Crippen molar-refractivity contribution in [2.45, 2.75) is 64.5 Å². The van der Waals surface area contributed by atoms with Crippen LogP contribution in [0.15, 0.2) is 18.5 Å². The van der Waals surface area contributed by atoms with Gasteiger partial charge in [-0.15, -0.1) is 0 Å². The summed E-state index contributed by atoms with van der Waals surface area (Å²) in [7, 11) is 0. The van der Waals surface area contributed by atoms with Gasteiger partial charge in [0.25, 0.3) is 0 Å². The third-order valence-electron chi connectivity index (χ3n) is 4.54. The Kier molecular flexibility index (Phi) is 4.63. The van der Waals surface area contributed by atoms with Crippen molar-refractivity contribution in [3.05, 3.63) is 24.0 Å². The molecule has 5 heteroatoms. The van der Waals surface area contributed by atoms with Crippen molar-refractivity contribution < 1.29 is 9.90 Å². The van der Waals surface area contributed by atoms with Crippen molar-refractivity contribution >= 4 is 11.8 Å². The summed E-state index contributed by atoms with van der Waals surface area (Å²) in [5, 5.41) is 9.65. The fourth-order valence-electron chi connectivity index (χ4n) is 3.81. The second kappa shape index (κ2) is 6.15. The van der Waals surface area contributed by atoms with E-state index in [0.29, 0.717) is 17.5 Å². The number of rotatable bonds is 2. The molecule has 0 saturated heterocycles. The number of carboxylic acid groups (broad SMARTS) is 1. The van der Waals surface area contributed by atoms with Crippen LogP contribution in [0.25, 0.3) is 0 Å². The van der Waals surface area contributed by atoms with E-state index in [4.69, 9.17) is 5.73 Å². The average molecular weight is 305 g/mol. The lowest BCUT2D eigenvalue weighted by molar-refractivity contribution is 0.0449. The highest BCUT2D eigenvalue weighted by molar-refractivity contribution is 5.66. The van der Waals surface area contributed by atoms with Crippen molar-refractivity contribution in [3.63, 3.8) is 0 Å². The van der Waals surface area contributed by atoms with Gasteiger partial charge in [0.2, 0.25) is 0 Å². The van der Waals surface area contributed by atoms with Crippen LogP contribution in [0.1, 0.15) is 58.4 Å². The van der Waals surface area contributed by atoms with Gasteiger partial charge in [0.15, 0.2) is 0 Å². The Bertz CT molecular complexity index is 539. The lowest BCUT2D eigenvalue weighted by Gasteiger charge is -2.45. The number of nitrogen functional groups attached to an aromatic ring is 1. The Morgan fingerprint density at radius 3 is 2.59 bits per heavy atom. The Morgan fingerprint density at radius 1 is 1.36 bits per heavy atom. The molecular weight excluding hydrogens is 278 g/mol. The predicted molar refractivity (Wildman–Crippen MR) is 87.8 cm³/mol. The van der Waals surface area contributed by atoms with Crippen LogP contribution in [0.3, 0.4) is 0 Å². The van der Waals surface area contributed by atoms with Crippen LogP contribution >= 0.6 is 0 Å². The molecule has 0 spiro atoms. The summed E-state index contributed by atoms with van der Waals surface area (Å²) in [5.41, 5.74) is 7.48. The lowest BCUT2D eigenvalue weighted by Crippen LogP contribution is -2.53. The van der Waals surface area contributed by atoms with E-state index in [1.807, 2.05) is 26.8 Å². The van der Waals surface area contributed by atoms with Gasteiger partial charge >= 0.3 is 6.09 Å². The molecule has 1 aromatic heterocycles. The van der Waals surface area contributed by atoms with E-state index in [1.54, 1.807) is 17.3 Å². The molecule has 0 aliphatic heterocycles. The van der Waals surface area contributed by atoms with E-state index in [-0.39, 0.29) is 6.04 Å². The van der Waals surface area contributed by atoms with E-state index in [1.165, 1.54) is 0 Å². The second-order valence-electron chi connectivity index (χ2n) is 7.49. The third kappa shape index (κ3) is 3.51. The molecule has 0 aromatic carbocycles. The highest BCUT2D eigenvalue weighted by Gasteiger charge is 2.38. The smallest absolute Gasteiger partial charge is 0.407 e. The summed E-state index contributed by atoms with van der Waals surface area (Å²) in [6.07, 6.45) is 5.38. The van der Waals surface area contributed by atoms with E-state index in [2.05, 4.69) is 11.9 Å². The minimum atomic E-state index is -0.840. The van der Waals surface area contributed by atoms with Crippen molar-refractivity contribution in [3.8, 4) is 0 Å². The number of anilines is 1. The van der Waals surface area contributed by atoms with E-state index in [0.717, 1.165) is 24.8 Å². The number of pyridine rings is 1. The van der Waals surface area contributed by atoms with Gasteiger partial charge in [0.1, 0.15) is 0 Å². The Labute approximate surface area is 132 Å². The molecule has 1 aliphatic carbocycles. The summed E-state index contributed by atoms with van der Waals surface area (Å²) in [5.74, 6) is 0.765. The largest absolute Gasteiger partial charge is 0.465 e. The zero-order valence-electron chi connectivity index (χ0n) is 13.9. The van der Waals surface area contributed by atoms with Crippen LogP contribution in [0, 0.1) is 5.92 Å². The quantitative estimate of drug-likeness (QED) is 0.873. The number of aromatic nitrogens is 1. The van der Waals surface area contributed by atoms with Crippen molar-refractivity contribution in [2.24, 2.45) is 5.92 Å². The molecule has 3 atom stereocenters. The number of hydrogen-bond acceptors (Lipinski definition) is 3. The maximum absolute atomic E-state index is 11.8. The molecule has 1 unspecified atom stereocenters. The highest BCUT2D eigenvalue weighted by Crippen LogP contribution is 2.41. The van der Waals surface area contributed by atoms with E-state index < -0.39 is 11.6 Å². The van der Waals surface area contributed by atoms with Gasteiger partial charge in [-0.3, -0.25) is 4.98 Å².